The average Bonchev–Trinajstić information content (AvgIpc) is 2.51. The van der Waals surface area contributed by atoms with Gasteiger partial charge >= 0.3 is 0 Å². The maximum atomic E-state index is 9.41. The van der Waals surface area contributed by atoms with E-state index in [0.717, 1.165) is 19.6 Å². The van der Waals surface area contributed by atoms with E-state index in [0.29, 0.717) is 17.8 Å². The second-order valence-corrected chi connectivity index (χ2v) is 5.83. The van der Waals surface area contributed by atoms with Crippen molar-refractivity contribution >= 4 is 0 Å². The Hall–Kier alpha value is -1.84. The molecule has 21 heavy (non-hydrogen) atoms. The number of hydrogen-bond donors (Lipinski definition) is 2. The molecule has 1 heterocycles. The summed E-state index contributed by atoms with van der Waals surface area (Å²) in [5.74, 6) is 0.326. The summed E-state index contributed by atoms with van der Waals surface area (Å²) in [5.41, 5.74) is 2.60. The number of phenolic OH excluding ortho intramolecular Hbond substituents is 1. The molecule has 3 heteroatoms. The summed E-state index contributed by atoms with van der Waals surface area (Å²) >= 11 is 0. The third-order valence-electron chi connectivity index (χ3n) is 4.12. The number of piperazine rings is 1. The van der Waals surface area contributed by atoms with Crippen molar-refractivity contribution in [3.63, 3.8) is 0 Å². The Morgan fingerprint density at radius 2 is 1.81 bits per heavy atom. The van der Waals surface area contributed by atoms with Crippen LogP contribution in [0, 0.1) is 0 Å². The molecule has 1 saturated heterocycles. The van der Waals surface area contributed by atoms with Gasteiger partial charge in [-0.05, 0) is 30.2 Å². The number of phenols is 1. The van der Waals surface area contributed by atoms with Crippen molar-refractivity contribution in [3.05, 3.63) is 65.7 Å². The maximum absolute atomic E-state index is 9.41. The first-order valence-corrected chi connectivity index (χ1v) is 7.52. The van der Waals surface area contributed by atoms with Crippen LogP contribution in [-0.2, 0) is 6.54 Å². The molecule has 3 nitrogen and oxygen atoms in total. The molecule has 2 aromatic rings. The fourth-order valence-corrected chi connectivity index (χ4v) is 3.00. The van der Waals surface area contributed by atoms with E-state index in [1.54, 1.807) is 12.1 Å². The van der Waals surface area contributed by atoms with E-state index in [2.05, 4.69) is 47.5 Å². The first-order valence-electron chi connectivity index (χ1n) is 7.52. The van der Waals surface area contributed by atoms with Gasteiger partial charge in [0.2, 0.25) is 0 Å². The van der Waals surface area contributed by atoms with Crippen LogP contribution < -0.4 is 5.32 Å². The van der Waals surface area contributed by atoms with E-state index < -0.39 is 0 Å². The topological polar surface area (TPSA) is 35.5 Å². The minimum atomic E-state index is 0.326. The van der Waals surface area contributed by atoms with Crippen LogP contribution in [0.4, 0.5) is 0 Å². The Morgan fingerprint density at radius 1 is 1.10 bits per heavy atom. The highest BCUT2D eigenvalue weighted by atomic mass is 16.3. The lowest BCUT2D eigenvalue weighted by molar-refractivity contribution is 0.127. The standard InChI is InChI=1S/C18H22N2O/c1-14-12-20(13-15-7-9-17(21)10-8-15)18(11-19-14)16-5-3-2-4-6-16/h2-10,14,18-19,21H,11-13H2,1H3. The van der Waals surface area contributed by atoms with Crippen LogP contribution in [0.25, 0.3) is 0 Å². The summed E-state index contributed by atoms with van der Waals surface area (Å²) in [5, 5.41) is 13.0. The first kappa shape index (κ1) is 14.1. The van der Waals surface area contributed by atoms with Crippen molar-refractivity contribution in [2.24, 2.45) is 0 Å². The quantitative estimate of drug-likeness (QED) is 0.908. The number of nitrogens with zero attached hydrogens (tertiary/aromatic N) is 1. The Labute approximate surface area is 126 Å². The molecular weight excluding hydrogens is 260 g/mol. The molecule has 2 aromatic carbocycles. The number of hydrogen-bond acceptors (Lipinski definition) is 3. The zero-order valence-corrected chi connectivity index (χ0v) is 12.4. The lowest BCUT2D eigenvalue weighted by atomic mass is 10.0. The second-order valence-electron chi connectivity index (χ2n) is 5.83. The van der Waals surface area contributed by atoms with Crippen molar-refractivity contribution in [3.8, 4) is 5.75 Å². The molecule has 2 unspecified atom stereocenters. The van der Waals surface area contributed by atoms with Gasteiger partial charge in [-0.3, -0.25) is 4.90 Å². The summed E-state index contributed by atoms with van der Waals surface area (Å²) < 4.78 is 0. The highest BCUT2D eigenvalue weighted by Crippen LogP contribution is 2.25. The van der Waals surface area contributed by atoms with Gasteiger partial charge in [0.1, 0.15) is 5.75 Å². The van der Waals surface area contributed by atoms with E-state index >= 15 is 0 Å². The fourth-order valence-electron chi connectivity index (χ4n) is 3.00. The molecule has 0 saturated carbocycles. The van der Waals surface area contributed by atoms with E-state index in [-0.39, 0.29) is 0 Å². The Kier molecular flexibility index (Phi) is 4.23. The van der Waals surface area contributed by atoms with Gasteiger partial charge in [0.25, 0.3) is 0 Å². The maximum Gasteiger partial charge on any atom is 0.115 e. The van der Waals surface area contributed by atoms with Gasteiger partial charge in [0.15, 0.2) is 0 Å². The Morgan fingerprint density at radius 3 is 2.52 bits per heavy atom. The van der Waals surface area contributed by atoms with Crippen LogP contribution in [0.5, 0.6) is 5.75 Å². The summed E-state index contributed by atoms with van der Waals surface area (Å²) in [6, 6.07) is 19.1. The highest BCUT2D eigenvalue weighted by Gasteiger charge is 2.26. The van der Waals surface area contributed by atoms with Gasteiger partial charge in [-0.25, -0.2) is 0 Å². The van der Waals surface area contributed by atoms with Crippen LogP contribution in [-0.4, -0.2) is 29.1 Å². The van der Waals surface area contributed by atoms with Crippen LogP contribution in [0.15, 0.2) is 54.6 Å². The Bertz CT molecular complexity index is 568. The summed E-state index contributed by atoms with van der Waals surface area (Å²) in [6.45, 7) is 5.14. The van der Waals surface area contributed by atoms with Crippen LogP contribution >= 0.6 is 0 Å². The van der Waals surface area contributed by atoms with Crippen LogP contribution in [0.3, 0.4) is 0 Å². The summed E-state index contributed by atoms with van der Waals surface area (Å²) in [7, 11) is 0. The van der Waals surface area contributed by atoms with Crippen LogP contribution in [0.2, 0.25) is 0 Å². The molecule has 0 spiro atoms. The average molecular weight is 282 g/mol. The molecule has 110 valence electrons. The normalized spacial score (nSPS) is 23.1. The van der Waals surface area contributed by atoms with Crippen LogP contribution in [0.1, 0.15) is 24.1 Å². The number of nitrogens with one attached hydrogen (secondary N) is 1. The molecule has 1 aliphatic heterocycles. The van der Waals surface area contributed by atoms with Crippen molar-refractivity contribution in [2.75, 3.05) is 13.1 Å². The number of benzene rings is 2. The van der Waals surface area contributed by atoms with Gasteiger partial charge < -0.3 is 10.4 Å². The summed E-state index contributed by atoms with van der Waals surface area (Å²) in [6.07, 6.45) is 0. The largest absolute Gasteiger partial charge is 0.508 e. The zero-order valence-electron chi connectivity index (χ0n) is 12.4. The first-order chi connectivity index (χ1) is 10.2. The minimum Gasteiger partial charge on any atom is -0.508 e. The lowest BCUT2D eigenvalue weighted by Gasteiger charge is -2.39. The molecule has 2 atom stereocenters. The van der Waals surface area contributed by atoms with E-state index in [9.17, 15) is 5.11 Å². The Balaban J connectivity index is 1.80. The predicted octanol–water partition coefficient (Wildman–Crippen LogP) is 2.93. The van der Waals surface area contributed by atoms with E-state index in [1.807, 2.05) is 12.1 Å². The molecule has 0 aromatic heterocycles. The fraction of sp³-hybridized carbons (Fsp3) is 0.333. The monoisotopic (exact) mass is 282 g/mol. The number of rotatable bonds is 3. The molecule has 0 radical (unpaired) electrons. The van der Waals surface area contributed by atoms with Gasteiger partial charge in [-0.2, -0.15) is 0 Å². The molecular formula is C18H22N2O. The second kappa shape index (κ2) is 6.29. The predicted molar refractivity (Wildman–Crippen MR) is 85.2 cm³/mol. The molecule has 3 rings (SSSR count). The third kappa shape index (κ3) is 3.43. The lowest BCUT2D eigenvalue weighted by Crippen LogP contribution is -2.50. The minimum absolute atomic E-state index is 0.326. The van der Waals surface area contributed by atoms with Crippen molar-refractivity contribution in [2.45, 2.75) is 25.6 Å². The number of aromatic hydroxyl groups is 1. The van der Waals surface area contributed by atoms with Gasteiger partial charge in [0, 0.05) is 31.7 Å². The van der Waals surface area contributed by atoms with Crippen molar-refractivity contribution in [1.29, 1.82) is 0 Å². The molecule has 1 fully saturated rings. The highest BCUT2D eigenvalue weighted by molar-refractivity contribution is 5.26. The molecule has 2 N–H and O–H groups in total. The van der Waals surface area contributed by atoms with E-state index in [1.165, 1.54) is 11.1 Å². The van der Waals surface area contributed by atoms with Crippen molar-refractivity contribution < 1.29 is 5.11 Å². The van der Waals surface area contributed by atoms with Crippen molar-refractivity contribution in [1.82, 2.24) is 10.2 Å². The van der Waals surface area contributed by atoms with Gasteiger partial charge in [-0.15, -0.1) is 0 Å². The smallest absolute Gasteiger partial charge is 0.115 e. The van der Waals surface area contributed by atoms with Gasteiger partial charge in [0.05, 0.1) is 0 Å². The van der Waals surface area contributed by atoms with Gasteiger partial charge in [-0.1, -0.05) is 42.5 Å². The van der Waals surface area contributed by atoms with E-state index in [4.69, 9.17) is 0 Å². The molecule has 1 aliphatic rings. The SMILES string of the molecule is CC1CN(Cc2ccc(O)cc2)C(c2ccccc2)CN1. The molecule has 0 amide bonds. The summed E-state index contributed by atoms with van der Waals surface area (Å²) in [4.78, 5) is 2.52. The molecule has 0 aliphatic carbocycles. The molecule has 0 bridgehead atoms. The zero-order chi connectivity index (χ0) is 14.7. The third-order valence-corrected chi connectivity index (χ3v) is 4.12.